The van der Waals surface area contributed by atoms with Crippen molar-refractivity contribution >= 4 is 0 Å². The second-order valence-corrected chi connectivity index (χ2v) is 11.4. The quantitative estimate of drug-likeness (QED) is 0.505. The first-order valence-electron chi connectivity index (χ1n) is 12.5. The van der Waals surface area contributed by atoms with E-state index in [1.807, 2.05) is 12.1 Å². The number of hydrogen-bond acceptors (Lipinski definition) is 2. The third-order valence-corrected chi connectivity index (χ3v) is 8.63. The van der Waals surface area contributed by atoms with E-state index < -0.39 is 0 Å². The van der Waals surface area contributed by atoms with Gasteiger partial charge in [-0.15, -0.1) is 0 Å². The molecule has 4 atom stereocenters. The Labute approximate surface area is 183 Å². The van der Waals surface area contributed by atoms with Crippen LogP contribution in [0, 0.1) is 28.6 Å². The highest BCUT2D eigenvalue weighted by molar-refractivity contribution is 5.34. The predicted molar refractivity (Wildman–Crippen MR) is 125 cm³/mol. The number of allylic oxidation sites excluding steroid dienone is 2. The summed E-state index contributed by atoms with van der Waals surface area (Å²) >= 11 is 0. The zero-order valence-electron chi connectivity index (χ0n) is 19.2. The molecule has 0 aliphatic heterocycles. The average molecular weight is 411 g/mol. The number of rotatable bonds is 6. The molecule has 3 aliphatic carbocycles. The summed E-state index contributed by atoms with van der Waals surface area (Å²) < 4.78 is 0. The molecule has 0 saturated heterocycles. The van der Waals surface area contributed by atoms with Gasteiger partial charge >= 0.3 is 0 Å². The number of aryl methyl sites for hydroxylation is 1. The van der Waals surface area contributed by atoms with Gasteiger partial charge in [-0.05, 0) is 116 Å². The van der Waals surface area contributed by atoms with E-state index in [0.29, 0.717) is 16.6 Å². The summed E-state index contributed by atoms with van der Waals surface area (Å²) in [6.45, 7) is 5.17. The van der Waals surface area contributed by atoms with Crippen molar-refractivity contribution in [3.8, 4) is 5.75 Å². The average Bonchev–Trinajstić information content (AvgIpc) is 3.12. The maximum absolute atomic E-state index is 10.3. The second-order valence-electron chi connectivity index (χ2n) is 11.4. The van der Waals surface area contributed by atoms with Gasteiger partial charge in [0, 0.05) is 6.61 Å². The number of aliphatic hydroxyl groups excluding tert-OH is 1. The van der Waals surface area contributed by atoms with Crippen molar-refractivity contribution in [2.24, 2.45) is 28.6 Å². The molecule has 2 N–H and O–H groups in total. The lowest BCUT2D eigenvalue weighted by Crippen LogP contribution is -2.40. The van der Waals surface area contributed by atoms with Crippen LogP contribution in [0.1, 0.15) is 89.2 Å². The topological polar surface area (TPSA) is 40.5 Å². The minimum atomic E-state index is 0.211. The van der Waals surface area contributed by atoms with Crippen LogP contribution in [0.5, 0.6) is 5.75 Å². The van der Waals surface area contributed by atoms with Crippen LogP contribution < -0.4 is 0 Å². The van der Waals surface area contributed by atoms with Crippen molar-refractivity contribution in [3.05, 3.63) is 41.5 Å². The van der Waals surface area contributed by atoms with Gasteiger partial charge in [0.15, 0.2) is 0 Å². The van der Waals surface area contributed by atoms with Crippen LogP contribution in [0.25, 0.3) is 0 Å². The SMILES string of the molecule is C[C@@H]1CC=C[C@](C)([C@H]2C[C@H](Cc3cc(O)cc(CCCO)c3)CC3(CCCC3)C2)C1. The molecule has 0 bridgehead atoms. The molecule has 2 heteroatoms. The molecule has 0 amide bonds. The van der Waals surface area contributed by atoms with Gasteiger partial charge in [-0.3, -0.25) is 0 Å². The Morgan fingerprint density at radius 2 is 1.80 bits per heavy atom. The van der Waals surface area contributed by atoms with E-state index in [1.165, 1.54) is 63.4 Å². The molecule has 3 aliphatic rings. The van der Waals surface area contributed by atoms with Crippen LogP contribution >= 0.6 is 0 Å². The lowest BCUT2D eigenvalue weighted by Gasteiger charge is -2.50. The van der Waals surface area contributed by atoms with Gasteiger partial charge in [0.1, 0.15) is 5.75 Å². The molecule has 0 unspecified atom stereocenters. The Hall–Kier alpha value is -1.28. The zero-order valence-corrected chi connectivity index (χ0v) is 19.2. The van der Waals surface area contributed by atoms with E-state index in [-0.39, 0.29) is 6.61 Å². The fourth-order valence-electron chi connectivity index (χ4n) is 7.37. The number of phenols is 1. The fourth-order valence-corrected chi connectivity index (χ4v) is 7.37. The minimum absolute atomic E-state index is 0.211. The highest BCUT2D eigenvalue weighted by Gasteiger charge is 2.47. The summed E-state index contributed by atoms with van der Waals surface area (Å²) in [7, 11) is 0. The summed E-state index contributed by atoms with van der Waals surface area (Å²) in [4.78, 5) is 0. The van der Waals surface area contributed by atoms with Crippen LogP contribution in [0.4, 0.5) is 0 Å². The maximum Gasteiger partial charge on any atom is 0.116 e. The maximum atomic E-state index is 10.3. The van der Waals surface area contributed by atoms with Crippen molar-refractivity contribution in [2.75, 3.05) is 6.61 Å². The molecular weight excluding hydrogens is 368 g/mol. The first kappa shape index (κ1) is 21.9. The molecule has 2 saturated carbocycles. The number of aliphatic hydroxyl groups is 1. The summed E-state index contributed by atoms with van der Waals surface area (Å²) in [5.41, 5.74) is 3.39. The normalized spacial score (nSPS) is 33.2. The Balaban J connectivity index is 1.54. The lowest BCUT2D eigenvalue weighted by atomic mass is 9.55. The van der Waals surface area contributed by atoms with Gasteiger partial charge in [-0.2, -0.15) is 0 Å². The standard InChI is InChI=1S/C28H42O2/c1-21-7-5-9-27(2,18-21)25-15-24(19-28(20-25)10-3-4-11-28)14-23-13-22(8-6-12-29)16-26(30)17-23/h5,9,13,16-17,21,24-25,29-30H,3-4,6-8,10-12,14-15,18-20H2,1-2H3/t21-,24+,25+,27+/m1/s1. The molecule has 2 fully saturated rings. The molecule has 0 heterocycles. The molecule has 1 spiro atoms. The van der Waals surface area contributed by atoms with E-state index in [1.54, 1.807) is 0 Å². The molecular formula is C28H42O2. The number of hydrogen-bond donors (Lipinski definition) is 2. The third kappa shape index (κ3) is 4.96. The molecule has 1 aromatic carbocycles. The van der Waals surface area contributed by atoms with Crippen molar-refractivity contribution in [2.45, 2.75) is 90.9 Å². The second kappa shape index (κ2) is 9.07. The number of phenolic OH excluding ortho intramolecular Hbond substituents is 1. The van der Waals surface area contributed by atoms with Crippen molar-refractivity contribution in [1.82, 2.24) is 0 Å². The lowest BCUT2D eigenvalue weighted by molar-refractivity contribution is 0.0309. The molecule has 0 radical (unpaired) electrons. The smallest absolute Gasteiger partial charge is 0.116 e. The molecule has 2 nitrogen and oxygen atoms in total. The monoisotopic (exact) mass is 410 g/mol. The third-order valence-electron chi connectivity index (χ3n) is 8.63. The summed E-state index contributed by atoms with van der Waals surface area (Å²) in [5, 5.41) is 19.5. The van der Waals surface area contributed by atoms with Crippen molar-refractivity contribution in [1.29, 1.82) is 0 Å². The highest BCUT2D eigenvalue weighted by atomic mass is 16.3. The number of aromatic hydroxyl groups is 1. The van der Waals surface area contributed by atoms with Gasteiger partial charge in [0.25, 0.3) is 0 Å². The minimum Gasteiger partial charge on any atom is -0.508 e. The van der Waals surface area contributed by atoms with Gasteiger partial charge in [0.05, 0.1) is 0 Å². The molecule has 1 aromatic rings. The summed E-state index contributed by atoms with van der Waals surface area (Å²) in [5.74, 6) is 2.70. The first-order valence-corrected chi connectivity index (χ1v) is 12.5. The van der Waals surface area contributed by atoms with Gasteiger partial charge in [-0.1, -0.05) is 44.9 Å². The molecule has 4 rings (SSSR count). The predicted octanol–water partition coefficient (Wildman–Crippen LogP) is 6.83. The van der Waals surface area contributed by atoms with Gasteiger partial charge in [0.2, 0.25) is 0 Å². The first-order chi connectivity index (χ1) is 14.4. The van der Waals surface area contributed by atoms with Crippen LogP contribution in [0.3, 0.4) is 0 Å². The van der Waals surface area contributed by atoms with Crippen LogP contribution in [0.2, 0.25) is 0 Å². The van der Waals surface area contributed by atoms with Crippen LogP contribution in [-0.2, 0) is 12.8 Å². The van der Waals surface area contributed by atoms with Gasteiger partial charge in [-0.25, -0.2) is 0 Å². The Morgan fingerprint density at radius 1 is 1.03 bits per heavy atom. The van der Waals surface area contributed by atoms with Crippen LogP contribution in [0.15, 0.2) is 30.4 Å². The molecule has 0 aromatic heterocycles. The Bertz CT molecular complexity index is 745. The largest absolute Gasteiger partial charge is 0.508 e. The highest BCUT2D eigenvalue weighted by Crippen LogP contribution is 2.58. The van der Waals surface area contributed by atoms with E-state index >= 15 is 0 Å². The van der Waals surface area contributed by atoms with E-state index in [2.05, 4.69) is 32.1 Å². The van der Waals surface area contributed by atoms with E-state index in [0.717, 1.165) is 42.6 Å². The van der Waals surface area contributed by atoms with E-state index in [9.17, 15) is 10.2 Å². The summed E-state index contributed by atoms with van der Waals surface area (Å²) in [6, 6.07) is 6.14. The van der Waals surface area contributed by atoms with E-state index in [4.69, 9.17) is 0 Å². The van der Waals surface area contributed by atoms with Gasteiger partial charge < -0.3 is 10.2 Å². The Kier molecular flexibility index (Phi) is 6.63. The van der Waals surface area contributed by atoms with Crippen molar-refractivity contribution in [3.63, 3.8) is 0 Å². The van der Waals surface area contributed by atoms with Crippen molar-refractivity contribution < 1.29 is 10.2 Å². The zero-order chi connectivity index (χ0) is 21.2. The number of benzene rings is 1. The molecule has 166 valence electrons. The Morgan fingerprint density at radius 3 is 2.53 bits per heavy atom. The molecule has 30 heavy (non-hydrogen) atoms. The van der Waals surface area contributed by atoms with Crippen LogP contribution in [-0.4, -0.2) is 16.8 Å². The summed E-state index contributed by atoms with van der Waals surface area (Å²) in [6.07, 6.45) is 20.1. The fraction of sp³-hybridized carbons (Fsp3) is 0.714.